The van der Waals surface area contributed by atoms with Crippen LogP contribution in [0.5, 0.6) is 11.6 Å². The number of fused-ring (bicyclic) bond motifs is 2. The molecule has 0 amide bonds. The van der Waals surface area contributed by atoms with E-state index in [2.05, 4.69) is 16.0 Å². The standard InChI is InChI=1S/C35H26ClFN6O4/c36-25-15-24(27-2-1-3-31(41-27)47-18-21-5-4-20(17-39)14-26(21)37)32-22(8-13-46-32)23(25)16-30-40-28-6-7-29(34(44)45)42-33(28)43(30)19-35(9-10-35)11-12-38/h1-7,14-15H,8-11,13,16,18-19H2,(H,44,45). The molecule has 1 N–H and O–H groups in total. The van der Waals surface area contributed by atoms with Gasteiger partial charge in [-0.05, 0) is 54.8 Å². The molecule has 1 aliphatic heterocycles. The summed E-state index contributed by atoms with van der Waals surface area (Å²) in [6, 6.07) is 18.6. The molecule has 1 aliphatic carbocycles. The summed E-state index contributed by atoms with van der Waals surface area (Å²) in [5.74, 6) is -0.0439. The summed E-state index contributed by atoms with van der Waals surface area (Å²) in [7, 11) is 0. The third kappa shape index (κ3) is 5.82. The fraction of sp³-hybridized carbons (Fsp3) is 0.257. The second-order valence-electron chi connectivity index (χ2n) is 11.8. The van der Waals surface area contributed by atoms with Crippen molar-refractivity contribution in [3.8, 4) is 35.0 Å². The predicted molar refractivity (Wildman–Crippen MR) is 169 cm³/mol. The Hall–Kier alpha value is -5.52. The van der Waals surface area contributed by atoms with E-state index in [-0.39, 0.29) is 29.2 Å². The molecule has 12 heteroatoms. The Kier molecular flexibility index (Phi) is 7.70. The van der Waals surface area contributed by atoms with Crippen LogP contribution >= 0.6 is 11.6 Å². The summed E-state index contributed by atoms with van der Waals surface area (Å²) in [5.41, 5.74) is 4.32. The molecule has 3 aromatic heterocycles. The normalized spacial score (nSPS) is 14.2. The average molecular weight is 649 g/mol. The monoisotopic (exact) mass is 648 g/mol. The molecule has 2 aromatic carbocycles. The fourth-order valence-corrected chi connectivity index (χ4v) is 6.31. The molecule has 4 heterocycles. The summed E-state index contributed by atoms with van der Waals surface area (Å²) in [6.45, 7) is 0.886. The van der Waals surface area contributed by atoms with E-state index >= 15 is 0 Å². The Morgan fingerprint density at radius 1 is 1.13 bits per heavy atom. The van der Waals surface area contributed by atoms with Crippen LogP contribution in [0.2, 0.25) is 5.02 Å². The van der Waals surface area contributed by atoms with Gasteiger partial charge in [-0.2, -0.15) is 10.5 Å². The summed E-state index contributed by atoms with van der Waals surface area (Å²) < 4.78 is 28.3. The second-order valence-corrected chi connectivity index (χ2v) is 12.2. The van der Waals surface area contributed by atoms with Gasteiger partial charge in [-0.15, -0.1) is 0 Å². The van der Waals surface area contributed by atoms with Gasteiger partial charge in [0.1, 0.15) is 29.5 Å². The molecule has 0 atom stereocenters. The van der Waals surface area contributed by atoms with Gasteiger partial charge in [0.2, 0.25) is 5.88 Å². The van der Waals surface area contributed by atoms with Crippen molar-refractivity contribution in [3.63, 3.8) is 0 Å². The summed E-state index contributed by atoms with van der Waals surface area (Å²) in [6.07, 6.45) is 3.15. The fourth-order valence-electron chi connectivity index (χ4n) is 6.02. The maximum atomic E-state index is 14.4. The number of nitriles is 2. The molecule has 5 aromatic rings. The van der Waals surface area contributed by atoms with Gasteiger partial charge >= 0.3 is 5.97 Å². The van der Waals surface area contributed by atoms with Gasteiger partial charge in [0.25, 0.3) is 0 Å². The molecule has 1 saturated carbocycles. The number of halogens is 2. The minimum absolute atomic E-state index is 0.0677. The van der Waals surface area contributed by atoms with Crippen LogP contribution in [0.15, 0.2) is 54.6 Å². The molecule has 234 valence electrons. The van der Waals surface area contributed by atoms with Gasteiger partial charge in [0.05, 0.1) is 30.0 Å². The zero-order chi connectivity index (χ0) is 32.7. The van der Waals surface area contributed by atoms with Crippen molar-refractivity contribution >= 4 is 28.7 Å². The number of rotatable bonds is 10. The van der Waals surface area contributed by atoms with Gasteiger partial charge in [-0.25, -0.2) is 24.1 Å². The van der Waals surface area contributed by atoms with E-state index in [1.165, 1.54) is 24.3 Å². The number of ether oxygens (including phenoxy) is 2. The van der Waals surface area contributed by atoms with Crippen molar-refractivity contribution in [3.05, 3.63) is 99.2 Å². The molecule has 47 heavy (non-hydrogen) atoms. The molecule has 0 saturated heterocycles. The first-order chi connectivity index (χ1) is 22.8. The van der Waals surface area contributed by atoms with E-state index in [0.717, 1.165) is 24.0 Å². The molecule has 7 rings (SSSR count). The summed E-state index contributed by atoms with van der Waals surface area (Å²) in [4.78, 5) is 25.7. The zero-order valence-corrected chi connectivity index (χ0v) is 25.7. The molecule has 10 nitrogen and oxygen atoms in total. The lowest BCUT2D eigenvalue weighted by atomic mass is 9.96. The third-order valence-corrected chi connectivity index (χ3v) is 9.07. The van der Waals surface area contributed by atoms with Crippen LogP contribution in [-0.2, 0) is 26.0 Å². The minimum atomic E-state index is -1.13. The van der Waals surface area contributed by atoms with E-state index in [9.17, 15) is 19.6 Å². The molecule has 0 spiro atoms. The third-order valence-electron chi connectivity index (χ3n) is 8.73. The number of hydrogen-bond acceptors (Lipinski definition) is 8. The number of carbonyl (C=O) groups is 1. The van der Waals surface area contributed by atoms with Gasteiger partial charge in [-0.1, -0.05) is 23.7 Å². The first kappa shape index (κ1) is 30.2. The lowest BCUT2D eigenvalue weighted by molar-refractivity contribution is 0.0691. The van der Waals surface area contributed by atoms with E-state index in [1.54, 1.807) is 24.3 Å². The molecule has 2 aliphatic rings. The molecular formula is C35H26ClFN6O4. The number of nitrogens with zero attached hydrogens (tertiary/aromatic N) is 6. The van der Waals surface area contributed by atoms with Crippen LogP contribution in [0.3, 0.4) is 0 Å². The zero-order valence-electron chi connectivity index (χ0n) is 25.0. The number of carboxylic acid groups (broad SMARTS) is 1. The topological polar surface area (TPSA) is 147 Å². The number of aromatic carboxylic acids is 1. The molecule has 0 radical (unpaired) electrons. The highest BCUT2D eigenvalue weighted by Crippen LogP contribution is 2.51. The molecule has 0 unspecified atom stereocenters. The maximum Gasteiger partial charge on any atom is 0.354 e. The van der Waals surface area contributed by atoms with Gasteiger partial charge in [-0.3, -0.25) is 0 Å². The quantitative estimate of drug-likeness (QED) is 0.176. The van der Waals surface area contributed by atoms with Gasteiger partial charge < -0.3 is 19.1 Å². The molecular weight excluding hydrogens is 623 g/mol. The van der Waals surface area contributed by atoms with Crippen molar-refractivity contribution in [1.82, 2.24) is 19.5 Å². The van der Waals surface area contributed by atoms with E-state index in [1.807, 2.05) is 16.7 Å². The minimum Gasteiger partial charge on any atom is -0.492 e. The molecule has 1 fully saturated rings. The van der Waals surface area contributed by atoms with Gasteiger partial charge in [0.15, 0.2) is 11.3 Å². The van der Waals surface area contributed by atoms with Crippen LogP contribution in [0.1, 0.15) is 57.8 Å². The lowest BCUT2D eigenvalue weighted by Crippen LogP contribution is -2.15. The highest BCUT2D eigenvalue weighted by atomic mass is 35.5. The van der Waals surface area contributed by atoms with Crippen molar-refractivity contribution in [2.75, 3.05) is 6.61 Å². The van der Waals surface area contributed by atoms with Crippen molar-refractivity contribution in [2.45, 2.75) is 45.3 Å². The Bertz CT molecular complexity index is 2160. The highest BCUT2D eigenvalue weighted by Gasteiger charge is 2.43. The van der Waals surface area contributed by atoms with E-state index in [4.69, 9.17) is 31.3 Å². The SMILES string of the molecule is N#CCC1(Cn2c(Cc3c(Cl)cc(-c4cccc(OCc5ccc(C#N)cc5F)n4)c4c3CCO4)nc3ccc(C(=O)O)nc32)CC1. The van der Waals surface area contributed by atoms with Crippen LogP contribution in [0.4, 0.5) is 4.39 Å². The Labute approximate surface area is 273 Å². The number of hydrogen-bond donors (Lipinski definition) is 1. The van der Waals surface area contributed by atoms with Crippen LogP contribution in [-0.4, -0.2) is 37.2 Å². The Morgan fingerprint density at radius 2 is 1.98 bits per heavy atom. The smallest absolute Gasteiger partial charge is 0.354 e. The highest BCUT2D eigenvalue weighted by molar-refractivity contribution is 6.32. The van der Waals surface area contributed by atoms with Crippen LogP contribution in [0.25, 0.3) is 22.4 Å². The summed E-state index contributed by atoms with van der Waals surface area (Å²) >= 11 is 7.00. The van der Waals surface area contributed by atoms with Crippen LogP contribution in [0, 0.1) is 33.9 Å². The average Bonchev–Trinajstić information content (AvgIpc) is 3.49. The molecule has 0 bridgehead atoms. The van der Waals surface area contributed by atoms with Crippen molar-refractivity contribution < 1.29 is 23.8 Å². The number of pyridine rings is 2. The van der Waals surface area contributed by atoms with Crippen LogP contribution < -0.4 is 9.47 Å². The first-order valence-corrected chi connectivity index (χ1v) is 15.4. The van der Waals surface area contributed by atoms with Crippen molar-refractivity contribution in [2.24, 2.45) is 5.41 Å². The summed E-state index contributed by atoms with van der Waals surface area (Å²) in [5, 5.41) is 28.5. The lowest BCUT2D eigenvalue weighted by Gasteiger charge is -2.17. The van der Waals surface area contributed by atoms with Crippen molar-refractivity contribution in [1.29, 1.82) is 10.5 Å². The van der Waals surface area contributed by atoms with E-state index < -0.39 is 11.8 Å². The first-order valence-electron chi connectivity index (χ1n) is 15.0. The van der Waals surface area contributed by atoms with Gasteiger partial charge in [0, 0.05) is 59.0 Å². The second kappa shape index (κ2) is 12.0. The number of benzene rings is 2. The Balaban J connectivity index is 1.22. The number of carboxylic acids is 1. The van der Waals surface area contributed by atoms with E-state index in [0.29, 0.717) is 77.0 Å². The largest absolute Gasteiger partial charge is 0.492 e. The number of imidazole rings is 1. The predicted octanol–water partition coefficient (Wildman–Crippen LogP) is 6.65. The Morgan fingerprint density at radius 3 is 2.72 bits per heavy atom. The number of aromatic nitrogens is 4. The maximum absolute atomic E-state index is 14.4.